The Morgan fingerprint density at radius 1 is 1.20 bits per heavy atom. The number of hydrogen-bond donors (Lipinski definition) is 2. The number of benzene rings is 1. The molecule has 1 unspecified atom stereocenters. The Kier molecular flexibility index (Phi) is 4.97. The second kappa shape index (κ2) is 7.34. The van der Waals surface area contributed by atoms with Crippen LogP contribution in [0.5, 0.6) is 0 Å². The molecule has 0 aliphatic heterocycles. The molecule has 0 saturated carbocycles. The van der Waals surface area contributed by atoms with Crippen LogP contribution in [0.3, 0.4) is 0 Å². The van der Waals surface area contributed by atoms with Crippen molar-refractivity contribution in [1.82, 2.24) is 19.9 Å². The molecule has 3 rings (SSSR count). The van der Waals surface area contributed by atoms with Crippen molar-refractivity contribution in [2.75, 3.05) is 11.9 Å². The largest absolute Gasteiger partial charge is 0.380 e. The Bertz CT molecular complexity index is 857. The van der Waals surface area contributed by atoms with Crippen molar-refractivity contribution in [1.29, 1.82) is 0 Å². The van der Waals surface area contributed by atoms with Gasteiger partial charge < -0.3 is 10.6 Å². The van der Waals surface area contributed by atoms with Gasteiger partial charge in [0.1, 0.15) is 5.56 Å². The highest BCUT2D eigenvalue weighted by atomic mass is 16.1. The Labute approximate surface area is 147 Å². The maximum absolute atomic E-state index is 12.7. The van der Waals surface area contributed by atoms with Crippen molar-refractivity contribution in [3.63, 3.8) is 0 Å². The Morgan fingerprint density at radius 2 is 1.96 bits per heavy atom. The predicted molar refractivity (Wildman–Crippen MR) is 98.7 cm³/mol. The molecule has 0 saturated heterocycles. The number of nitrogens with one attached hydrogen (secondary N) is 2. The number of hydrogen-bond acceptors (Lipinski definition) is 4. The Hall–Kier alpha value is -2.89. The van der Waals surface area contributed by atoms with E-state index in [4.69, 9.17) is 0 Å². The summed E-state index contributed by atoms with van der Waals surface area (Å²) in [6.07, 6.45) is 3.46. The van der Waals surface area contributed by atoms with E-state index in [0.717, 1.165) is 5.69 Å². The molecule has 130 valence electrons. The van der Waals surface area contributed by atoms with Crippen LogP contribution in [0.1, 0.15) is 29.9 Å². The van der Waals surface area contributed by atoms with Crippen molar-refractivity contribution in [2.24, 2.45) is 5.92 Å². The molecule has 0 spiro atoms. The minimum Gasteiger partial charge on any atom is -0.380 e. The van der Waals surface area contributed by atoms with Gasteiger partial charge in [0.25, 0.3) is 5.91 Å². The van der Waals surface area contributed by atoms with Crippen LogP contribution < -0.4 is 10.6 Å². The molecule has 1 aromatic carbocycles. The molecule has 0 aliphatic carbocycles. The molecular weight excluding hydrogens is 314 g/mol. The van der Waals surface area contributed by atoms with Crippen molar-refractivity contribution >= 4 is 17.2 Å². The van der Waals surface area contributed by atoms with E-state index in [1.807, 2.05) is 37.3 Å². The predicted octanol–water partition coefficient (Wildman–Crippen LogP) is 2.90. The van der Waals surface area contributed by atoms with Crippen molar-refractivity contribution < 1.29 is 4.79 Å². The molecular formula is C19H23N5O. The van der Waals surface area contributed by atoms with E-state index in [1.165, 1.54) is 0 Å². The fourth-order valence-corrected chi connectivity index (χ4v) is 2.76. The normalized spacial score (nSPS) is 12.3. The number of rotatable bonds is 6. The van der Waals surface area contributed by atoms with Gasteiger partial charge in [-0.2, -0.15) is 5.10 Å². The molecule has 1 amide bonds. The number of fused-ring (bicyclic) bond motifs is 1. The molecule has 0 bridgehead atoms. The van der Waals surface area contributed by atoms with E-state index in [9.17, 15) is 4.79 Å². The molecule has 0 fully saturated rings. The molecule has 0 radical (unpaired) electrons. The number of nitrogens with zero attached hydrogens (tertiary/aromatic N) is 3. The first kappa shape index (κ1) is 17.0. The average molecular weight is 337 g/mol. The molecule has 6 nitrogen and oxygen atoms in total. The van der Waals surface area contributed by atoms with Crippen LogP contribution in [-0.4, -0.2) is 33.1 Å². The third kappa shape index (κ3) is 3.79. The molecule has 0 aliphatic rings. The second-order valence-electron chi connectivity index (χ2n) is 6.42. The van der Waals surface area contributed by atoms with E-state index in [2.05, 4.69) is 34.6 Å². The van der Waals surface area contributed by atoms with Gasteiger partial charge in [0.05, 0.1) is 5.69 Å². The molecule has 2 N–H and O–H groups in total. The minimum absolute atomic E-state index is 0.126. The highest BCUT2D eigenvalue weighted by Gasteiger charge is 2.20. The Balaban J connectivity index is 1.72. The summed E-state index contributed by atoms with van der Waals surface area (Å²) in [5.74, 6) is 0.218. The number of aryl methyl sites for hydroxylation is 1. The van der Waals surface area contributed by atoms with E-state index < -0.39 is 0 Å². The van der Waals surface area contributed by atoms with Gasteiger partial charge in [0, 0.05) is 30.7 Å². The van der Waals surface area contributed by atoms with Crippen molar-refractivity contribution in [3.8, 4) is 0 Å². The first-order valence-electron chi connectivity index (χ1n) is 8.46. The summed E-state index contributed by atoms with van der Waals surface area (Å²) in [5, 5.41) is 10.8. The van der Waals surface area contributed by atoms with Crippen molar-refractivity contribution in [3.05, 3.63) is 60.0 Å². The topological polar surface area (TPSA) is 71.3 Å². The third-order valence-electron chi connectivity index (χ3n) is 4.21. The van der Waals surface area contributed by atoms with Crippen LogP contribution in [0.4, 0.5) is 5.69 Å². The summed E-state index contributed by atoms with van der Waals surface area (Å²) in [5.41, 5.74) is 2.83. The number of amides is 1. The van der Waals surface area contributed by atoms with Gasteiger partial charge in [-0.15, -0.1) is 0 Å². The minimum atomic E-state index is -0.147. The highest BCUT2D eigenvalue weighted by Crippen LogP contribution is 2.14. The molecule has 2 heterocycles. The van der Waals surface area contributed by atoms with Crippen LogP contribution in [0, 0.1) is 12.8 Å². The van der Waals surface area contributed by atoms with E-state index in [1.54, 1.807) is 23.0 Å². The smallest absolute Gasteiger partial charge is 0.257 e. The second-order valence-corrected chi connectivity index (χ2v) is 6.42. The van der Waals surface area contributed by atoms with Gasteiger partial charge in [-0.05, 0) is 31.0 Å². The van der Waals surface area contributed by atoms with Gasteiger partial charge in [-0.25, -0.2) is 9.50 Å². The third-order valence-corrected chi connectivity index (χ3v) is 4.21. The van der Waals surface area contributed by atoms with Crippen LogP contribution in [0.2, 0.25) is 0 Å². The number of anilines is 1. The monoisotopic (exact) mass is 337 g/mol. The lowest BCUT2D eigenvalue weighted by Gasteiger charge is -2.24. The zero-order valence-electron chi connectivity index (χ0n) is 14.7. The first-order chi connectivity index (χ1) is 12.1. The summed E-state index contributed by atoms with van der Waals surface area (Å²) in [4.78, 5) is 17.0. The standard InChI is InChI=1S/C19H23N5O/c1-13(2)16(22-15-8-5-4-6-9-15)12-21-19(25)17-14(3)23-24-11-7-10-20-18(17)24/h4-11,13,16,22H,12H2,1-3H3,(H,21,25). The van der Waals surface area contributed by atoms with E-state index in [0.29, 0.717) is 29.4 Å². The Morgan fingerprint density at radius 3 is 2.68 bits per heavy atom. The lowest BCUT2D eigenvalue weighted by molar-refractivity contribution is 0.0951. The lowest BCUT2D eigenvalue weighted by atomic mass is 10.0. The fourth-order valence-electron chi connectivity index (χ4n) is 2.76. The quantitative estimate of drug-likeness (QED) is 0.725. The highest BCUT2D eigenvalue weighted by molar-refractivity contribution is 6.01. The van der Waals surface area contributed by atoms with Gasteiger partial charge in [0.2, 0.25) is 0 Å². The van der Waals surface area contributed by atoms with Crippen LogP contribution >= 0.6 is 0 Å². The zero-order valence-corrected chi connectivity index (χ0v) is 14.7. The SMILES string of the molecule is Cc1nn2cccnc2c1C(=O)NCC(Nc1ccccc1)C(C)C. The number of aromatic nitrogens is 3. The summed E-state index contributed by atoms with van der Waals surface area (Å²) in [7, 11) is 0. The van der Waals surface area contributed by atoms with Gasteiger partial charge >= 0.3 is 0 Å². The molecule has 1 atom stereocenters. The maximum atomic E-state index is 12.7. The molecule has 2 aromatic heterocycles. The molecule has 3 aromatic rings. The van der Waals surface area contributed by atoms with Crippen LogP contribution in [0.25, 0.3) is 5.65 Å². The summed E-state index contributed by atoms with van der Waals surface area (Å²) in [6.45, 7) is 6.62. The number of carbonyl (C=O) groups excluding carboxylic acids is 1. The average Bonchev–Trinajstić information content (AvgIpc) is 2.94. The van der Waals surface area contributed by atoms with E-state index >= 15 is 0 Å². The van der Waals surface area contributed by atoms with Crippen LogP contribution in [0.15, 0.2) is 48.8 Å². The fraction of sp³-hybridized carbons (Fsp3) is 0.316. The summed E-state index contributed by atoms with van der Waals surface area (Å²) >= 11 is 0. The van der Waals surface area contributed by atoms with Gasteiger partial charge in [0.15, 0.2) is 5.65 Å². The number of carbonyl (C=O) groups is 1. The maximum Gasteiger partial charge on any atom is 0.257 e. The van der Waals surface area contributed by atoms with Gasteiger partial charge in [-0.1, -0.05) is 32.0 Å². The van der Waals surface area contributed by atoms with Gasteiger partial charge in [-0.3, -0.25) is 4.79 Å². The first-order valence-corrected chi connectivity index (χ1v) is 8.46. The molecule has 25 heavy (non-hydrogen) atoms. The van der Waals surface area contributed by atoms with Crippen LogP contribution in [-0.2, 0) is 0 Å². The zero-order chi connectivity index (χ0) is 17.8. The molecule has 6 heteroatoms. The van der Waals surface area contributed by atoms with Crippen molar-refractivity contribution in [2.45, 2.75) is 26.8 Å². The number of para-hydroxylation sites is 1. The van der Waals surface area contributed by atoms with E-state index in [-0.39, 0.29) is 11.9 Å². The lowest BCUT2D eigenvalue weighted by Crippen LogP contribution is -2.39. The summed E-state index contributed by atoms with van der Waals surface area (Å²) in [6, 6.07) is 11.9. The summed E-state index contributed by atoms with van der Waals surface area (Å²) < 4.78 is 1.63.